The number of hydrogen-bond acceptors (Lipinski definition) is 3. The van der Waals surface area contributed by atoms with Gasteiger partial charge in [0.2, 0.25) is 0 Å². The molecule has 0 saturated carbocycles. The van der Waals surface area contributed by atoms with Crippen LogP contribution in [0, 0.1) is 0 Å². The first kappa shape index (κ1) is 7.11. The van der Waals surface area contributed by atoms with Gasteiger partial charge in [-0.15, -0.1) is 5.23 Å². The monoisotopic (exact) mass is 142 g/mol. The van der Waals surface area contributed by atoms with Gasteiger partial charge in [0.1, 0.15) is 5.69 Å². The predicted molar refractivity (Wildman–Crippen MR) is 36.2 cm³/mol. The van der Waals surface area contributed by atoms with Crippen LogP contribution in [0.25, 0.3) is 0 Å². The van der Waals surface area contributed by atoms with Crippen molar-refractivity contribution in [1.82, 2.24) is 4.57 Å². The van der Waals surface area contributed by atoms with Gasteiger partial charge in [-0.05, 0) is 13.0 Å². The highest BCUT2D eigenvalue weighted by Gasteiger charge is 1.98. The largest absolute Gasteiger partial charge is 0.352 e. The minimum atomic E-state index is 0.103. The lowest BCUT2D eigenvalue weighted by molar-refractivity contribution is 0.0291. The molecule has 0 radical (unpaired) electrons. The van der Waals surface area contributed by atoms with Crippen LogP contribution in [-0.4, -0.2) is 15.0 Å². The third-order valence-electron chi connectivity index (χ3n) is 1.33. The van der Waals surface area contributed by atoms with Crippen LogP contribution in [0.1, 0.15) is 6.92 Å². The Morgan fingerprint density at radius 3 is 2.60 bits per heavy atom. The van der Waals surface area contributed by atoms with E-state index in [2.05, 4.69) is 0 Å². The van der Waals surface area contributed by atoms with Crippen LogP contribution >= 0.6 is 0 Å². The van der Waals surface area contributed by atoms with Gasteiger partial charge in [-0.1, -0.05) is 0 Å². The molecule has 1 aromatic rings. The summed E-state index contributed by atoms with van der Waals surface area (Å²) in [5.41, 5.74) is 0.377. The SMILES string of the molecule is CCn1ccc(N(O)O)c1. The normalized spacial score (nSPS) is 9.90. The maximum absolute atomic E-state index is 8.51. The van der Waals surface area contributed by atoms with Crippen LogP contribution < -0.4 is 5.23 Å². The lowest BCUT2D eigenvalue weighted by atomic mass is 10.6. The van der Waals surface area contributed by atoms with Gasteiger partial charge in [0, 0.05) is 18.9 Å². The molecule has 0 amide bonds. The fraction of sp³-hybridized carbons (Fsp3) is 0.333. The predicted octanol–water partition coefficient (Wildman–Crippen LogP) is 1.09. The molecular formula is C6H10N2O2. The third-order valence-corrected chi connectivity index (χ3v) is 1.33. The van der Waals surface area contributed by atoms with E-state index in [4.69, 9.17) is 10.4 Å². The highest BCUT2D eigenvalue weighted by Crippen LogP contribution is 2.09. The summed E-state index contributed by atoms with van der Waals surface area (Å²) in [6.07, 6.45) is 3.41. The number of nitrogens with zero attached hydrogens (tertiary/aromatic N) is 2. The molecule has 0 aliphatic carbocycles. The molecule has 1 heterocycles. The number of aryl methyl sites for hydroxylation is 1. The zero-order chi connectivity index (χ0) is 7.56. The van der Waals surface area contributed by atoms with Crippen molar-refractivity contribution in [3.05, 3.63) is 18.5 Å². The molecular weight excluding hydrogens is 132 g/mol. The van der Waals surface area contributed by atoms with Crippen molar-refractivity contribution in [2.24, 2.45) is 0 Å². The second-order valence-electron chi connectivity index (χ2n) is 1.99. The van der Waals surface area contributed by atoms with Gasteiger partial charge in [-0.25, -0.2) is 0 Å². The molecule has 1 rings (SSSR count). The maximum atomic E-state index is 8.51. The van der Waals surface area contributed by atoms with Crippen molar-refractivity contribution in [1.29, 1.82) is 0 Å². The molecule has 1 aromatic heterocycles. The number of aromatic nitrogens is 1. The van der Waals surface area contributed by atoms with Crippen LogP contribution in [0.5, 0.6) is 0 Å². The molecule has 0 spiro atoms. The minimum absolute atomic E-state index is 0.103. The van der Waals surface area contributed by atoms with Gasteiger partial charge < -0.3 is 4.57 Å². The molecule has 2 N–H and O–H groups in total. The number of rotatable bonds is 2. The van der Waals surface area contributed by atoms with Crippen molar-refractivity contribution >= 4 is 5.69 Å². The van der Waals surface area contributed by atoms with Crippen molar-refractivity contribution in [2.75, 3.05) is 5.23 Å². The molecule has 0 bridgehead atoms. The summed E-state index contributed by atoms with van der Waals surface area (Å²) in [4.78, 5) is 0. The van der Waals surface area contributed by atoms with Crippen molar-refractivity contribution in [3.8, 4) is 0 Å². The van der Waals surface area contributed by atoms with E-state index in [1.807, 2.05) is 11.5 Å². The van der Waals surface area contributed by atoms with Crippen LogP contribution in [0.4, 0.5) is 5.69 Å². The standard InChI is InChI=1S/C6H10N2O2/c1-2-7-4-3-6(5-7)8(9)10/h3-5,9-10H,2H2,1H3. The fourth-order valence-corrected chi connectivity index (χ4v) is 0.743. The minimum Gasteiger partial charge on any atom is -0.352 e. The van der Waals surface area contributed by atoms with Gasteiger partial charge in [-0.3, -0.25) is 10.4 Å². The van der Waals surface area contributed by atoms with Gasteiger partial charge >= 0.3 is 0 Å². The molecule has 4 heteroatoms. The summed E-state index contributed by atoms with van der Waals surface area (Å²) >= 11 is 0. The molecule has 0 unspecified atom stereocenters. The Balaban J connectivity index is 2.78. The molecule has 0 aromatic carbocycles. The van der Waals surface area contributed by atoms with Gasteiger partial charge in [0.15, 0.2) is 0 Å². The summed E-state index contributed by atoms with van der Waals surface area (Å²) < 4.78 is 1.84. The zero-order valence-corrected chi connectivity index (χ0v) is 5.73. The van der Waals surface area contributed by atoms with E-state index in [-0.39, 0.29) is 5.23 Å². The Kier molecular flexibility index (Phi) is 1.94. The van der Waals surface area contributed by atoms with E-state index in [1.165, 1.54) is 0 Å². The smallest absolute Gasteiger partial charge is 0.112 e. The summed E-state index contributed by atoms with van der Waals surface area (Å²) in [6.45, 7) is 2.80. The van der Waals surface area contributed by atoms with Crippen molar-refractivity contribution in [3.63, 3.8) is 0 Å². The molecule has 10 heavy (non-hydrogen) atoms. The van der Waals surface area contributed by atoms with E-state index in [0.717, 1.165) is 6.54 Å². The summed E-state index contributed by atoms with van der Waals surface area (Å²) in [6, 6.07) is 1.61. The Morgan fingerprint density at radius 1 is 1.60 bits per heavy atom. The summed E-state index contributed by atoms with van der Waals surface area (Å²) in [7, 11) is 0. The molecule has 0 saturated heterocycles. The molecule has 0 aliphatic heterocycles. The molecule has 4 nitrogen and oxygen atoms in total. The molecule has 56 valence electrons. The van der Waals surface area contributed by atoms with Crippen LogP contribution in [0.3, 0.4) is 0 Å². The van der Waals surface area contributed by atoms with E-state index < -0.39 is 0 Å². The first-order chi connectivity index (χ1) is 4.74. The second kappa shape index (κ2) is 2.72. The van der Waals surface area contributed by atoms with E-state index >= 15 is 0 Å². The highest BCUT2D eigenvalue weighted by atomic mass is 16.8. The Bertz CT molecular complexity index is 207. The molecule has 0 fully saturated rings. The third kappa shape index (κ3) is 1.29. The van der Waals surface area contributed by atoms with E-state index in [1.54, 1.807) is 18.5 Å². The summed E-state index contributed by atoms with van der Waals surface area (Å²) in [5.74, 6) is 0. The van der Waals surface area contributed by atoms with Crippen molar-refractivity contribution in [2.45, 2.75) is 13.5 Å². The highest BCUT2D eigenvalue weighted by molar-refractivity contribution is 5.38. The van der Waals surface area contributed by atoms with Crippen LogP contribution in [0.15, 0.2) is 18.5 Å². The van der Waals surface area contributed by atoms with Gasteiger partial charge in [0.25, 0.3) is 0 Å². The quantitative estimate of drug-likeness (QED) is 0.608. The topological polar surface area (TPSA) is 48.6 Å². The molecule has 0 aliphatic rings. The molecule has 0 atom stereocenters. The van der Waals surface area contributed by atoms with Crippen LogP contribution in [-0.2, 0) is 6.54 Å². The Labute approximate surface area is 58.8 Å². The first-order valence-electron chi connectivity index (χ1n) is 3.07. The van der Waals surface area contributed by atoms with Gasteiger partial charge in [-0.2, -0.15) is 0 Å². The average Bonchev–Trinajstić information content (AvgIpc) is 2.34. The average molecular weight is 142 g/mol. The van der Waals surface area contributed by atoms with E-state index in [9.17, 15) is 0 Å². The van der Waals surface area contributed by atoms with E-state index in [0.29, 0.717) is 5.69 Å². The number of anilines is 1. The number of hydrogen-bond donors (Lipinski definition) is 2. The van der Waals surface area contributed by atoms with Gasteiger partial charge in [0.05, 0.1) is 0 Å². The first-order valence-corrected chi connectivity index (χ1v) is 3.07. The maximum Gasteiger partial charge on any atom is 0.112 e. The fourth-order valence-electron chi connectivity index (χ4n) is 0.743. The summed E-state index contributed by atoms with van der Waals surface area (Å²) in [5, 5.41) is 17.1. The second-order valence-corrected chi connectivity index (χ2v) is 1.99. The lowest BCUT2D eigenvalue weighted by Crippen LogP contribution is -2.09. The Hall–Kier alpha value is -1.00. The Morgan fingerprint density at radius 2 is 2.30 bits per heavy atom. The zero-order valence-electron chi connectivity index (χ0n) is 5.73. The van der Waals surface area contributed by atoms with Crippen LogP contribution in [0.2, 0.25) is 0 Å². The van der Waals surface area contributed by atoms with Crippen molar-refractivity contribution < 1.29 is 10.4 Å². The lowest BCUT2D eigenvalue weighted by Gasteiger charge is -2.02.